The van der Waals surface area contributed by atoms with Crippen molar-refractivity contribution in [3.63, 3.8) is 0 Å². The van der Waals surface area contributed by atoms with E-state index in [1.165, 1.54) is 24.1 Å². The largest absolute Gasteiger partial charge is 0.490 e. The van der Waals surface area contributed by atoms with Crippen molar-refractivity contribution in [3.8, 4) is 5.75 Å². The Bertz CT molecular complexity index is 725. The molecule has 1 atom stereocenters. The number of anilines is 1. The van der Waals surface area contributed by atoms with E-state index in [2.05, 4.69) is 81.3 Å². The van der Waals surface area contributed by atoms with E-state index in [0.29, 0.717) is 12.1 Å². The van der Waals surface area contributed by atoms with Crippen molar-refractivity contribution in [1.29, 1.82) is 0 Å². The number of hydrogen-bond acceptors (Lipinski definition) is 3. The number of nitrogens with zero attached hydrogens (tertiary/aromatic N) is 2. The van der Waals surface area contributed by atoms with Gasteiger partial charge in [0.05, 0.1) is 6.04 Å². The van der Waals surface area contributed by atoms with E-state index in [1.54, 1.807) is 0 Å². The summed E-state index contributed by atoms with van der Waals surface area (Å²) >= 11 is 3.54. The number of para-hydroxylation sites is 1. The van der Waals surface area contributed by atoms with Gasteiger partial charge in [-0.1, -0.05) is 34.1 Å². The van der Waals surface area contributed by atoms with Gasteiger partial charge in [-0.05, 0) is 63.1 Å². The minimum atomic E-state index is 0.342. The Kier molecular flexibility index (Phi) is 5.51. The van der Waals surface area contributed by atoms with Crippen LogP contribution in [0.3, 0.4) is 0 Å². The molecule has 26 heavy (non-hydrogen) atoms. The van der Waals surface area contributed by atoms with Crippen LogP contribution in [-0.4, -0.2) is 37.7 Å². The molecular formula is C22H27BrN2O. The highest BCUT2D eigenvalue weighted by molar-refractivity contribution is 9.10. The summed E-state index contributed by atoms with van der Waals surface area (Å²) in [5, 5.41) is 0. The molecule has 2 saturated heterocycles. The van der Waals surface area contributed by atoms with Crippen LogP contribution < -0.4 is 9.64 Å². The van der Waals surface area contributed by atoms with Crippen molar-refractivity contribution < 1.29 is 4.74 Å². The van der Waals surface area contributed by atoms with Gasteiger partial charge in [0.1, 0.15) is 11.9 Å². The van der Waals surface area contributed by atoms with Gasteiger partial charge < -0.3 is 14.5 Å². The number of benzene rings is 2. The predicted molar refractivity (Wildman–Crippen MR) is 111 cm³/mol. The lowest BCUT2D eigenvalue weighted by Crippen LogP contribution is -2.36. The van der Waals surface area contributed by atoms with Crippen molar-refractivity contribution in [3.05, 3.63) is 58.6 Å². The number of hydrogen-bond donors (Lipinski definition) is 0. The second-order valence-corrected chi connectivity index (χ2v) is 8.40. The molecule has 138 valence electrons. The zero-order chi connectivity index (χ0) is 17.9. The highest BCUT2D eigenvalue weighted by atomic mass is 79.9. The normalized spacial score (nSPS) is 21.9. The van der Waals surface area contributed by atoms with Gasteiger partial charge in [-0.2, -0.15) is 0 Å². The number of halogens is 1. The Morgan fingerprint density at radius 2 is 1.65 bits per heavy atom. The second kappa shape index (κ2) is 8.01. The molecule has 2 aliphatic rings. The lowest BCUT2D eigenvalue weighted by molar-refractivity contribution is 0.113. The van der Waals surface area contributed by atoms with Gasteiger partial charge in [-0.25, -0.2) is 0 Å². The number of ether oxygens (including phenoxy) is 1. The maximum absolute atomic E-state index is 6.49. The van der Waals surface area contributed by atoms with Crippen molar-refractivity contribution in [1.82, 2.24) is 4.90 Å². The molecule has 2 aromatic carbocycles. The minimum absolute atomic E-state index is 0.342. The molecule has 0 aromatic heterocycles. The molecule has 1 unspecified atom stereocenters. The van der Waals surface area contributed by atoms with Gasteiger partial charge in [-0.3, -0.25) is 0 Å². The first-order chi connectivity index (χ1) is 12.7. The van der Waals surface area contributed by atoms with Crippen LogP contribution in [0.2, 0.25) is 0 Å². The third-order valence-electron chi connectivity index (χ3n) is 5.65. The molecule has 2 heterocycles. The highest BCUT2D eigenvalue weighted by Crippen LogP contribution is 2.40. The molecule has 2 aromatic rings. The molecule has 0 radical (unpaired) electrons. The first-order valence-corrected chi connectivity index (χ1v) is 10.5. The molecule has 0 bridgehead atoms. The van der Waals surface area contributed by atoms with Crippen LogP contribution in [0.4, 0.5) is 5.69 Å². The topological polar surface area (TPSA) is 15.7 Å². The van der Waals surface area contributed by atoms with E-state index in [4.69, 9.17) is 4.74 Å². The Hall–Kier alpha value is -1.52. The van der Waals surface area contributed by atoms with Gasteiger partial charge in [0.15, 0.2) is 0 Å². The maximum Gasteiger partial charge on any atom is 0.124 e. The van der Waals surface area contributed by atoms with Crippen molar-refractivity contribution in [2.75, 3.05) is 31.6 Å². The average Bonchev–Trinajstić information content (AvgIpc) is 3.14. The van der Waals surface area contributed by atoms with E-state index in [9.17, 15) is 0 Å². The average molecular weight is 415 g/mol. The van der Waals surface area contributed by atoms with E-state index < -0.39 is 0 Å². The van der Waals surface area contributed by atoms with Gasteiger partial charge >= 0.3 is 0 Å². The highest BCUT2D eigenvalue weighted by Gasteiger charge is 2.29. The van der Waals surface area contributed by atoms with Gasteiger partial charge in [0.25, 0.3) is 0 Å². The van der Waals surface area contributed by atoms with Gasteiger partial charge in [-0.15, -0.1) is 0 Å². The summed E-state index contributed by atoms with van der Waals surface area (Å²) in [7, 11) is 2.19. The second-order valence-electron chi connectivity index (χ2n) is 7.49. The van der Waals surface area contributed by atoms with Crippen molar-refractivity contribution in [2.24, 2.45) is 0 Å². The first kappa shape index (κ1) is 17.9. The summed E-state index contributed by atoms with van der Waals surface area (Å²) in [4.78, 5) is 4.92. The molecule has 0 amide bonds. The third-order valence-corrected chi connectivity index (χ3v) is 6.18. The zero-order valence-electron chi connectivity index (χ0n) is 15.4. The van der Waals surface area contributed by atoms with E-state index >= 15 is 0 Å². The molecular weight excluding hydrogens is 388 g/mol. The Balaban J connectivity index is 1.55. The van der Waals surface area contributed by atoms with Crippen LogP contribution in [0, 0.1) is 0 Å². The number of likely N-dealkylation sites (tertiary alicyclic amines) is 1. The van der Waals surface area contributed by atoms with Crippen LogP contribution in [0.15, 0.2) is 53.0 Å². The smallest absolute Gasteiger partial charge is 0.124 e. The standard InChI is InChI=1S/C22H27BrN2O/c1-24-15-12-19(13-16-24)26-22-7-3-2-5-20(22)21-6-4-14-25(21)18-10-8-17(23)9-11-18/h2-3,5,7-11,19,21H,4,6,12-16H2,1H3. The van der Waals surface area contributed by atoms with E-state index in [0.717, 1.165) is 42.7 Å². The Labute approximate surface area is 165 Å². The lowest BCUT2D eigenvalue weighted by atomic mass is 10.0. The quantitative estimate of drug-likeness (QED) is 0.677. The summed E-state index contributed by atoms with van der Waals surface area (Å²) < 4.78 is 7.62. The SMILES string of the molecule is CN1CCC(Oc2ccccc2C2CCCN2c2ccc(Br)cc2)CC1. The predicted octanol–water partition coefficient (Wildman–Crippen LogP) is 5.26. The first-order valence-electron chi connectivity index (χ1n) is 9.67. The van der Waals surface area contributed by atoms with E-state index in [-0.39, 0.29) is 0 Å². The molecule has 0 aliphatic carbocycles. The third kappa shape index (κ3) is 3.91. The van der Waals surface area contributed by atoms with Crippen molar-refractivity contribution >= 4 is 21.6 Å². The van der Waals surface area contributed by atoms with Crippen LogP contribution in [0.1, 0.15) is 37.3 Å². The number of piperidine rings is 1. The minimum Gasteiger partial charge on any atom is -0.490 e. The van der Waals surface area contributed by atoms with Crippen LogP contribution in [0.5, 0.6) is 5.75 Å². The van der Waals surface area contributed by atoms with Gasteiger partial charge in [0, 0.05) is 35.4 Å². The van der Waals surface area contributed by atoms with Crippen LogP contribution >= 0.6 is 15.9 Å². The fourth-order valence-corrected chi connectivity index (χ4v) is 4.44. The molecule has 0 spiro atoms. The molecule has 4 rings (SSSR count). The number of rotatable bonds is 4. The lowest BCUT2D eigenvalue weighted by Gasteiger charge is -2.32. The van der Waals surface area contributed by atoms with Crippen LogP contribution in [-0.2, 0) is 0 Å². The summed E-state index contributed by atoms with van der Waals surface area (Å²) in [5.74, 6) is 1.08. The molecule has 0 N–H and O–H groups in total. The van der Waals surface area contributed by atoms with Crippen LogP contribution in [0.25, 0.3) is 0 Å². The maximum atomic E-state index is 6.49. The fourth-order valence-electron chi connectivity index (χ4n) is 4.18. The Morgan fingerprint density at radius 3 is 2.42 bits per heavy atom. The summed E-state index contributed by atoms with van der Waals surface area (Å²) in [6.45, 7) is 3.36. The van der Waals surface area contributed by atoms with Gasteiger partial charge in [0.2, 0.25) is 0 Å². The molecule has 4 heteroatoms. The van der Waals surface area contributed by atoms with E-state index in [1.807, 2.05) is 0 Å². The summed E-state index contributed by atoms with van der Waals surface area (Å²) in [6.07, 6.45) is 4.99. The zero-order valence-corrected chi connectivity index (χ0v) is 17.0. The summed E-state index contributed by atoms with van der Waals surface area (Å²) in [6, 6.07) is 17.8. The Morgan fingerprint density at radius 1 is 0.923 bits per heavy atom. The fraction of sp³-hybridized carbons (Fsp3) is 0.455. The molecule has 0 saturated carbocycles. The molecule has 2 fully saturated rings. The monoisotopic (exact) mass is 414 g/mol. The molecule has 3 nitrogen and oxygen atoms in total. The summed E-state index contributed by atoms with van der Waals surface area (Å²) in [5.41, 5.74) is 2.64. The molecule has 2 aliphatic heterocycles. The van der Waals surface area contributed by atoms with Crippen molar-refractivity contribution in [2.45, 2.75) is 37.8 Å².